The summed E-state index contributed by atoms with van der Waals surface area (Å²) >= 11 is 0. The molecule has 0 aliphatic carbocycles. The Morgan fingerprint density at radius 2 is 2.38 bits per heavy atom. The second kappa shape index (κ2) is 4.60. The summed E-state index contributed by atoms with van der Waals surface area (Å²) < 4.78 is 0. The molecule has 0 saturated carbocycles. The minimum atomic E-state index is -0.0428. The van der Waals surface area contributed by atoms with E-state index in [0.29, 0.717) is 11.6 Å². The van der Waals surface area contributed by atoms with Crippen LogP contribution in [0, 0.1) is 5.92 Å². The van der Waals surface area contributed by atoms with Crippen molar-refractivity contribution in [2.45, 2.75) is 20.3 Å². The Balaban J connectivity index is 2.69. The van der Waals surface area contributed by atoms with E-state index >= 15 is 0 Å². The molecule has 0 amide bonds. The first kappa shape index (κ1) is 9.71. The number of aromatic amines is 1. The lowest BCUT2D eigenvalue weighted by Crippen LogP contribution is -1.97. The first-order valence-electron chi connectivity index (χ1n) is 4.40. The summed E-state index contributed by atoms with van der Waals surface area (Å²) in [5.41, 5.74) is 0.432. The molecule has 0 aliphatic rings. The first-order chi connectivity index (χ1) is 6.20. The third-order valence-electron chi connectivity index (χ3n) is 1.61. The third kappa shape index (κ3) is 3.23. The Hall–Kier alpha value is -1.38. The molecule has 3 nitrogen and oxygen atoms in total. The lowest BCUT2D eigenvalue weighted by atomic mass is 10.1. The van der Waals surface area contributed by atoms with Crippen LogP contribution in [0.5, 0.6) is 0 Å². The number of pyridine rings is 1. The SMILES string of the molecule is CC(C)CC=Nc1c[nH]ccc1=O. The van der Waals surface area contributed by atoms with Crippen LogP contribution in [0.25, 0.3) is 0 Å². The van der Waals surface area contributed by atoms with Crippen molar-refractivity contribution in [1.29, 1.82) is 0 Å². The van der Waals surface area contributed by atoms with Gasteiger partial charge in [-0.3, -0.25) is 9.79 Å². The molecule has 0 unspecified atom stereocenters. The van der Waals surface area contributed by atoms with Gasteiger partial charge in [0, 0.05) is 24.7 Å². The van der Waals surface area contributed by atoms with Gasteiger partial charge in [0.05, 0.1) is 0 Å². The van der Waals surface area contributed by atoms with Gasteiger partial charge in [-0.05, 0) is 12.3 Å². The van der Waals surface area contributed by atoms with Crippen molar-refractivity contribution in [3.8, 4) is 0 Å². The van der Waals surface area contributed by atoms with E-state index in [2.05, 4.69) is 23.8 Å². The molecule has 0 spiro atoms. The van der Waals surface area contributed by atoms with Gasteiger partial charge < -0.3 is 4.98 Å². The molecule has 1 N–H and O–H groups in total. The van der Waals surface area contributed by atoms with Gasteiger partial charge in [-0.2, -0.15) is 0 Å². The molecule has 3 heteroatoms. The number of nitrogens with zero attached hydrogens (tertiary/aromatic N) is 1. The van der Waals surface area contributed by atoms with E-state index in [4.69, 9.17) is 0 Å². The Morgan fingerprint density at radius 3 is 3.00 bits per heavy atom. The maximum absolute atomic E-state index is 11.2. The minimum Gasteiger partial charge on any atom is -0.366 e. The minimum absolute atomic E-state index is 0.0428. The summed E-state index contributed by atoms with van der Waals surface area (Å²) in [6.45, 7) is 4.22. The molecule has 1 aromatic heterocycles. The van der Waals surface area contributed by atoms with E-state index < -0.39 is 0 Å². The number of aromatic nitrogens is 1. The van der Waals surface area contributed by atoms with E-state index in [1.165, 1.54) is 6.07 Å². The van der Waals surface area contributed by atoms with Crippen LogP contribution in [0.15, 0.2) is 28.2 Å². The van der Waals surface area contributed by atoms with Crippen LogP contribution >= 0.6 is 0 Å². The van der Waals surface area contributed by atoms with E-state index in [1.54, 1.807) is 18.6 Å². The standard InChI is InChI=1S/C10H14N2O/c1-8(2)3-6-12-9-7-11-5-4-10(9)13/h4-8H,3H2,1-2H3,(H,11,13). The van der Waals surface area contributed by atoms with Crippen LogP contribution < -0.4 is 5.43 Å². The van der Waals surface area contributed by atoms with Crippen molar-refractivity contribution in [1.82, 2.24) is 4.98 Å². The average Bonchev–Trinajstić information content (AvgIpc) is 2.08. The molecule has 13 heavy (non-hydrogen) atoms. The third-order valence-corrected chi connectivity index (χ3v) is 1.61. The van der Waals surface area contributed by atoms with Gasteiger partial charge in [0.1, 0.15) is 5.69 Å². The highest BCUT2D eigenvalue weighted by Crippen LogP contribution is 2.02. The second-order valence-electron chi connectivity index (χ2n) is 3.34. The Kier molecular flexibility index (Phi) is 3.43. The van der Waals surface area contributed by atoms with Crippen molar-refractivity contribution in [3.63, 3.8) is 0 Å². The maximum atomic E-state index is 11.2. The van der Waals surface area contributed by atoms with Gasteiger partial charge in [-0.1, -0.05) is 13.8 Å². The lowest BCUT2D eigenvalue weighted by molar-refractivity contribution is 0.690. The predicted octanol–water partition coefficient (Wildman–Crippen LogP) is 2.12. The number of H-pyrrole nitrogens is 1. The topological polar surface area (TPSA) is 45.2 Å². The number of aliphatic imine (C=N–C) groups is 1. The second-order valence-corrected chi connectivity index (χ2v) is 3.34. The Labute approximate surface area is 77.5 Å². The molecule has 0 fully saturated rings. The van der Waals surface area contributed by atoms with E-state index in [9.17, 15) is 4.79 Å². The molecule has 1 aromatic rings. The zero-order valence-corrected chi connectivity index (χ0v) is 7.95. The van der Waals surface area contributed by atoms with Crippen LogP contribution in [0.4, 0.5) is 5.69 Å². The number of nitrogens with one attached hydrogen (secondary N) is 1. The highest BCUT2D eigenvalue weighted by atomic mass is 16.1. The highest BCUT2D eigenvalue weighted by molar-refractivity contribution is 5.62. The fourth-order valence-electron chi connectivity index (χ4n) is 0.870. The number of hydrogen-bond donors (Lipinski definition) is 1. The van der Waals surface area contributed by atoms with Gasteiger partial charge in [0.2, 0.25) is 5.43 Å². The fourth-order valence-corrected chi connectivity index (χ4v) is 0.870. The van der Waals surface area contributed by atoms with E-state index in [1.807, 2.05) is 0 Å². The van der Waals surface area contributed by atoms with Crippen molar-refractivity contribution in [2.75, 3.05) is 0 Å². The molecule has 0 radical (unpaired) electrons. The van der Waals surface area contributed by atoms with Gasteiger partial charge in [0.15, 0.2) is 0 Å². The molecule has 1 heterocycles. The van der Waals surface area contributed by atoms with Crippen LogP contribution in [-0.4, -0.2) is 11.2 Å². The lowest BCUT2D eigenvalue weighted by Gasteiger charge is -1.95. The molecule has 70 valence electrons. The van der Waals surface area contributed by atoms with Gasteiger partial charge in [0.25, 0.3) is 0 Å². The molecular formula is C10H14N2O. The molecule has 1 rings (SSSR count). The van der Waals surface area contributed by atoms with Crippen LogP contribution in [0.1, 0.15) is 20.3 Å². The van der Waals surface area contributed by atoms with E-state index in [-0.39, 0.29) is 5.43 Å². The van der Waals surface area contributed by atoms with Crippen LogP contribution in [0.2, 0.25) is 0 Å². The normalized spacial score (nSPS) is 11.3. The van der Waals surface area contributed by atoms with Gasteiger partial charge in [-0.25, -0.2) is 0 Å². The highest BCUT2D eigenvalue weighted by Gasteiger charge is 1.93. The fraction of sp³-hybridized carbons (Fsp3) is 0.400. The molecule has 0 bridgehead atoms. The zero-order valence-electron chi connectivity index (χ0n) is 7.95. The maximum Gasteiger partial charge on any atom is 0.207 e. The van der Waals surface area contributed by atoms with Crippen molar-refractivity contribution < 1.29 is 0 Å². The molecule has 0 aromatic carbocycles. The van der Waals surface area contributed by atoms with Gasteiger partial charge >= 0.3 is 0 Å². The quantitative estimate of drug-likeness (QED) is 0.708. The summed E-state index contributed by atoms with van der Waals surface area (Å²) in [5.74, 6) is 0.576. The molecular weight excluding hydrogens is 164 g/mol. The van der Waals surface area contributed by atoms with Crippen LogP contribution in [0.3, 0.4) is 0 Å². The van der Waals surface area contributed by atoms with Gasteiger partial charge in [-0.15, -0.1) is 0 Å². The number of rotatable bonds is 3. The zero-order chi connectivity index (χ0) is 9.68. The Morgan fingerprint density at radius 1 is 1.62 bits per heavy atom. The van der Waals surface area contributed by atoms with Crippen molar-refractivity contribution in [3.05, 3.63) is 28.7 Å². The predicted molar refractivity (Wildman–Crippen MR) is 54.7 cm³/mol. The molecule has 0 saturated heterocycles. The summed E-state index contributed by atoms with van der Waals surface area (Å²) in [5, 5.41) is 0. The van der Waals surface area contributed by atoms with Crippen LogP contribution in [-0.2, 0) is 0 Å². The average molecular weight is 178 g/mol. The van der Waals surface area contributed by atoms with Crippen molar-refractivity contribution in [2.24, 2.45) is 10.9 Å². The first-order valence-corrected chi connectivity index (χ1v) is 4.40. The van der Waals surface area contributed by atoms with E-state index in [0.717, 1.165) is 6.42 Å². The Bertz CT molecular complexity index is 339. The summed E-state index contributed by atoms with van der Waals surface area (Å²) in [4.78, 5) is 18.1. The summed E-state index contributed by atoms with van der Waals surface area (Å²) in [6, 6.07) is 1.47. The molecule has 0 aliphatic heterocycles. The monoisotopic (exact) mass is 178 g/mol. The summed E-state index contributed by atoms with van der Waals surface area (Å²) in [7, 11) is 0. The molecule has 0 atom stereocenters. The smallest absolute Gasteiger partial charge is 0.207 e. The largest absolute Gasteiger partial charge is 0.366 e. The summed E-state index contributed by atoms with van der Waals surface area (Å²) in [6.07, 6.45) is 5.90. The van der Waals surface area contributed by atoms with Crippen molar-refractivity contribution >= 4 is 11.9 Å². The number of hydrogen-bond acceptors (Lipinski definition) is 2.